The molecule has 0 N–H and O–H groups in total. The maximum Gasteiger partial charge on any atom is 0.414 e. The van der Waals surface area contributed by atoms with Crippen LogP contribution in [0.5, 0.6) is 0 Å². The Balaban J connectivity index is 1.60. The molecule has 1 saturated heterocycles. The highest BCUT2D eigenvalue weighted by Gasteiger charge is 2.47. The second-order valence-corrected chi connectivity index (χ2v) is 12.1. The van der Waals surface area contributed by atoms with Gasteiger partial charge in [0.1, 0.15) is 0 Å². The molecule has 0 radical (unpaired) electrons. The van der Waals surface area contributed by atoms with E-state index < -0.39 is 46.2 Å². The highest BCUT2D eigenvalue weighted by atomic mass is 32.2. The molecule has 37 heavy (non-hydrogen) atoms. The molecule has 1 fully saturated rings. The van der Waals surface area contributed by atoms with Crippen molar-refractivity contribution in [2.24, 2.45) is 5.92 Å². The Morgan fingerprint density at radius 2 is 1.84 bits per heavy atom. The summed E-state index contributed by atoms with van der Waals surface area (Å²) < 4.78 is 69.1. The molecule has 1 unspecified atom stereocenters. The number of halogens is 4. The van der Waals surface area contributed by atoms with Gasteiger partial charge < -0.3 is 4.90 Å². The van der Waals surface area contributed by atoms with E-state index in [1.165, 1.54) is 22.8 Å². The van der Waals surface area contributed by atoms with Crippen molar-refractivity contribution >= 4 is 22.4 Å². The zero-order chi connectivity index (χ0) is 27.1. The molecule has 0 saturated carbocycles. The first-order chi connectivity index (χ1) is 17.3. The number of alkyl halides is 3. The van der Waals surface area contributed by atoms with Crippen molar-refractivity contribution in [2.45, 2.75) is 57.7 Å². The lowest BCUT2D eigenvalue weighted by molar-refractivity contribution is -0.191. The highest BCUT2D eigenvalue weighted by Crippen LogP contribution is 2.38. The summed E-state index contributed by atoms with van der Waals surface area (Å²) in [5, 5.41) is 3.92. The van der Waals surface area contributed by atoms with Crippen molar-refractivity contribution < 1.29 is 26.6 Å². The van der Waals surface area contributed by atoms with E-state index in [2.05, 4.69) is 15.1 Å². The molecule has 7 nitrogen and oxygen atoms in total. The van der Waals surface area contributed by atoms with Crippen molar-refractivity contribution in [1.82, 2.24) is 24.5 Å². The summed E-state index contributed by atoms with van der Waals surface area (Å²) in [5.41, 5.74) is 1.77. The minimum absolute atomic E-state index is 0.287. The molecule has 0 bridgehead atoms. The van der Waals surface area contributed by atoms with Crippen LogP contribution in [0.4, 0.5) is 17.6 Å². The minimum Gasteiger partial charge on any atom is -0.328 e. The predicted octanol–water partition coefficient (Wildman–Crippen LogP) is 4.37. The Morgan fingerprint density at radius 3 is 2.41 bits per heavy atom. The molecule has 4 heterocycles. The summed E-state index contributed by atoms with van der Waals surface area (Å²) in [6, 6.07) is 1.86. The van der Waals surface area contributed by atoms with Gasteiger partial charge >= 0.3 is 6.18 Å². The Kier molecular flexibility index (Phi) is 7.42. The van der Waals surface area contributed by atoms with E-state index in [1.54, 1.807) is 12.3 Å². The van der Waals surface area contributed by atoms with Crippen LogP contribution in [0.1, 0.15) is 62.2 Å². The molecule has 0 aromatic carbocycles. The third-order valence-corrected chi connectivity index (χ3v) is 7.93. The van der Waals surface area contributed by atoms with E-state index >= 15 is 0 Å². The summed E-state index contributed by atoms with van der Waals surface area (Å²) >= 11 is 0. The number of amides is 1. The lowest BCUT2D eigenvalue weighted by Gasteiger charge is -2.33. The van der Waals surface area contributed by atoms with Gasteiger partial charge in [0.15, 0.2) is 11.7 Å². The van der Waals surface area contributed by atoms with Crippen molar-refractivity contribution in [3.63, 3.8) is 0 Å². The molecule has 200 valence electrons. The van der Waals surface area contributed by atoms with Crippen LogP contribution in [-0.2, 0) is 27.4 Å². The van der Waals surface area contributed by atoms with Crippen LogP contribution in [0.3, 0.4) is 0 Å². The first-order valence-corrected chi connectivity index (χ1v) is 13.4. The van der Waals surface area contributed by atoms with Crippen molar-refractivity contribution in [3.8, 4) is 0 Å². The Hall–Kier alpha value is -2.89. The van der Waals surface area contributed by atoms with Crippen LogP contribution in [0.2, 0.25) is 0 Å². The van der Waals surface area contributed by atoms with E-state index in [0.717, 1.165) is 18.3 Å². The Labute approximate surface area is 214 Å². The van der Waals surface area contributed by atoms with Gasteiger partial charge in [0, 0.05) is 65.6 Å². The van der Waals surface area contributed by atoms with Gasteiger partial charge in [-0.25, -0.2) is 9.50 Å². The second-order valence-electron chi connectivity index (χ2n) is 10.4. The summed E-state index contributed by atoms with van der Waals surface area (Å²) in [5.74, 6) is -1.23. The molecule has 3 aromatic heterocycles. The maximum absolute atomic E-state index is 14.1. The number of fused-ring (bicyclic) bond motifs is 1. The number of nitrogens with zero attached hydrogens (tertiary/aromatic N) is 5. The van der Waals surface area contributed by atoms with Crippen LogP contribution in [-0.4, -0.2) is 59.3 Å². The zero-order valence-electron chi connectivity index (χ0n) is 21.0. The number of hydrogen-bond donors (Lipinski definition) is 0. The van der Waals surface area contributed by atoms with Crippen LogP contribution in [0.15, 0.2) is 30.6 Å². The number of aromatic nitrogens is 4. The fourth-order valence-electron chi connectivity index (χ4n) is 4.83. The quantitative estimate of drug-likeness (QED) is 0.450. The molecule has 1 aliphatic heterocycles. The first kappa shape index (κ1) is 27.2. The standard InChI is InChI=1S/C25H29F4N5O2S/c1-24(2,3)21-17(14-31-20-12-19(26)32-34(20)21)11-15-5-6-18(30-13-15)22(25(27,28)29)33(4)23(35)16-7-9-37(36)10-8-16/h5-6,12-14,16,22H,7-11H2,1-4H3. The van der Waals surface area contributed by atoms with Gasteiger partial charge in [-0.05, 0) is 30.0 Å². The van der Waals surface area contributed by atoms with Crippen LogP contribution >= 0.6 is 0 Å². The molecule has 4 rings (SSSR count). The second kappa shape index (κ2) is 10.1. The molecule has 1 aliphatic rings. The first-order valence-electron chi connectivity index (χ1n) is 11.9. The van der Waals surface area contributed by atoms with Crippen LogP contribution < -0.4 is 0 Å². The van der Waals surface area contributed by atoms with Crippen LogP contribution in [0.25, 0.3) is 5.65 Å². The average Bonchev–Trinajstić information content (AvgIpc) is 3.18. The van der Waals surface area contributed by atoms with Gasteiger partial charge in [-0.1, -0.05) is 26.8 Å². The number of rotatable bonds is 5. The SMILES string of the molecule is CN(C(=O)C1CCS(=O)CC1)C(c1ccc(Cc2cnc3cc(F)nn3c2C(C)(C)C)cn1)C(F)(F)F. The highest BCUT2D eigenvalue weighted by molar-refractivity contribution is 7.85. The van der Waals surface area contributed by atoms with E-state index in [-0.39, 0.29) is 5.69 Å². The fraction of sp³-hybridized carbons (Fsp3) is 0.520. The van der Waals surface area contributed by atoms with Gasteiger partial charge in [0.25, 0.3) is 0 Å². The van der Waals surface area contributed by atoms with Gasteiger partial charge in [-0.15, -0.1) is 5.10 Å². The van der Waals surface area contributed by atoms with E-state index in [0.29, 0.717) is 46.9 Å². The monoisotopic (exact) mass is 539 g/mol. The average molecular weight is 540 g/mol. The van der Waals surface area contributed by atoms with E-state index in [1.807, 2.05) is 20.8 Å². The molecular formula is C25H29F4N5O2S. The molecule has 12 heteroatoms. The number of pyridine rings is 1. The fourth-order valence-corrected chi connectivity index (χ4v) is 6.13. The van der Waals surface area contributed by atoms with Crippen LogP contribution in [0, 0.1) is 11.9 Å². The maximum atomic E-state index is 14.1. The largest absolute Gasteiger partial charge is 0.414 e. The number of carbonyl (C=O) groups excluding carboxylic acids is 1. The Bertz CT molecular complexity index is 1310. The smallest absolute Gasteiger partial charge is 0.328 e. The zero-order valence-corrected chi connectivity index (χ0v) is 21.9. The molecule has 3 aromatic rings. The van der Waals surface area contributed by atoms with Gasteiger partial charge in [0.2, 0.25) is 11.9 Å². The van der Waals surface area contributed by atoms with Crippen molar-refractivity contribution in [1.29, 1.82) is 0 Å². The van der Waals surface area contributed by atoms with Gasteiger partial charge in [-0.3, -0.25) is 14.0 Å². The number of carbonyl (C=O) groups is 1. The minimum atomic E-state index is -4.73. The lowest BCUT2D eigenvalue weighted by atomic mass is 9.87. The topological polar surface area (TPSA) is 80.5 Å². The Morgan fingerprint density at radius 1 is 1.16 bits per heavy atom. The molecule has 0 spiro atoms. The van der Waals surface area contributed by atoms with Gasteiger partial charge in [-0.2, -0.15) is 17.6 Å². The lowest BCUT2D eigenvalue weighted by Crippen LogP contribution is -2.44. The van der Waals surface area contributed by atoms with E-state index in [9.17, 15) is 26.6 Å². The summed E-state index contributed by atoms with van der Waals surface area (Å²) in [6.45, 7) is 5.87. The summed E-state index contributed by atoms with van der Waals surface area (Å²) in [4.78, 5) is 21.9. The van der Waals surface area contributed by atoms with Gasteiger partial charge in [0.05, 0.1) is 11.4 Å². The molecule has 1 amide bonds. The molecular weight excluding hydrogens is 510 g/mol. The van der Waals surface area contributed by atoms with Crippen molar-refractivity contribution in [2.75, 3.05) is 18.6 Å². The molecule has 0 aliphatic carbocycles. The third kappa shape index (κ3) is 5.83. The predicted molar refractivity (Wildman–Crippen MR) is 131 cm³/mol. The summed E-state index contributed by atoms with van der Waals surface area (Å²) in [7, 11) is 0.118. The van der Waals surface area contributed by atoms with Crippen molar-refractivity contribution in [3.05, 3.63) is 59.1 Å². The van der Waals surface area contributed by atoms with E-state index in [4.69, 9.17) is 0 Å². The molecule has 1 atom stereocenters. The third-order valence-electron chi connectivity index (χ3n) is 6.54. The summed E-state index contributed by atoms with van der Waals surface area (Å²) in [6.07, 6.45) is -0.837. The normalized spacial score (nSPS) is 19.7. The number of hydrogen-bond acceptors (Lipinski definition) is 5.